The maximum atomic E-state index is 12.5. The van der Waals surface area contributed by atoms with Gasteiger partial charge in [-0.2, -0.15) is 5.26 Å². The van der Waals surface area contributed by atoms with Crippen molar-refractivity contribution < 1.29 is 19.4 Å². The number of amides is 1. The number of methoxy groups -OCH3 is 1. The molecule has 3 aromatic carbocycles. The van der Waals surface area contributed by atoms with Crippen LogP contribution >= 0.6 is 31.9 Å². The number of hydrogen-bond donors (Lipinski definition) is 2. The number of phenols is 1. The van der Waals surface area contributed by atoms with E-state index in [1.807, 2.05) is 30.3 Å². The average Bonchev–Trinajstić information content (AvgIpc) is 2.79. The van der Waals surface area contributed by atoms with Crippen molar-refractivity contribution in [1.82, 2.24) is 0 Å². The number of nitriles is 1. The SMILES string of the molecule is COc1cc(/C=C(\C#N)C(=O)Nc2ccc(O)cc2)c(Br)cc1OCc1ccc(Br)cc1. The van der Waals surface area contributed by atoms with Gasteiger partial charge in [-0.1, -0.05) is 44.0 Å². The summed E-state index contributed by atoms with van der Waals surface area (Å²) in [5.41, 5.74) is 1.94. The van der Waals surface area contributed by atoms with E-state index in [4.69, 9.17) is 9.47 Å². The molecular weight excluding hydrogens is 540 g/mol. The number of anilines is 1. The molecule has 0 radical (unpaired) electrons. The zero-order valence-corrected chi connectivity index (χ0v) is 20.1. The largest absolute Gasteiger partial charge is 0.508 e. The summed E-state index contributed by atoms with van der Waals surface area (Å²) in [4.78, 5) is 12.5. The molecule has 0 unspecified atom stereocenters. The van der Waals surface area contributed by atoms with Gasteiger partial charge in [-0.15, -0.1) is 0 Å². The van der Waals surface area contributed by atoms with Gasteiger partial charge >= 0.3 is 0 Å². The van der Waals surface area contributed by atoms with Crippen molar-refractivity contribution >= 4 is 49.5 Å². The van der Waals surface area contributed by atoms with Crippen LogP contribution in [0, 0.1) is 11.3 Å². The zero-order chi connectivity index (χ0) is 23.1. The van der Waals surface area contributed by atoms with Gasteiger partial charge in [-0.05, 0) is 65.7 Å². The maximum Gasteiger partial charge on any atom is 0.266 e. The minimum absolute atomic E-state index is 0.0810. The van der Waals surface area contributed by atoms with E-state index in [0.29, 0.717) is 33.8 Å². The smallest absolute Gasteiger partial charge is 0.266 e. The summed E-state index contributed by atoms with van der Waals surface area (Å²) < 4.78 is 13.0. The van der Waals surface area contributed by atoms with Crippen molar-refractivity contribution in [2.75, 3.05) is 12.4 Å². The Kier molecular flexibility index (Phi) is 7.92. The fourth-order valence-electron chi connectivity index (χ4n) is 2.72. The van der Waals surface area contributed by atoms with E-state index < -0.39 is 5.91 Å². The van der Waals surface area contributed by atoms with Crippen LogP contribution in [-0.2, 0) is 11.4 Å². The van der Waals surface area contributed by atoms with Gasteiger partial charge in [0.1, 0.15) is 24.0 Å². The van der Waals surface area contributed by atoms with E-state index in [9.17, 15) is 15.2 Å². The minimum Gasteiger partial charge on any atom is -0.508 e. The first-order chi connectivity index (χ1) is 15.4. The van der Waals surface area contributed by atoms with Gasteiger partial charge in [-0.3, -0.25) is 4.79 Å². The lowest BCUT2D eigenvalue weighted by atomic mass is 10.1. The summed E-state index contributed by atoms with van der Waals surface area (Å²) in [6.45, 7) is 0.351. The lowest BCUT2D eigenvalue weighted by Gasteiger charge is -2.13. The summed E-state index contributed by atoms with van der Waals surface area (Å²) >= 11 is 6.88. The quantitative estimate of drug-likeness (QED) is 0.209. The molecular formula is C24H18Br2N2O4. The fraction of sp³-hybridized carbons (Fsp3) is 0.0833. The zero-order valence-electron chi connectivity index (χ0n) is 16.9. The topological polar surface area (TPSA) is 91.6 Å². The summed E-state index contributed by atoms with van der Waals surface area (Å²) in [6.07, 6.45) is 1.46. The van der Waals surface area contributed by atoms with Crippen molar-refractivity contribution in [2.24, 2.45) is 0 Å². The Morgan fingerprint density at radius 1 is 1.09 bits per heavy atom. The van der Waals surface area contributed by atoms with E-state index in [-0.39, 0.29) is 11.3 Å². The highest BCUT2D eigenvalue weighted by Gasteiger charge is 2.14. The molecule has 0 aliphatic rings. The summed E-state index contributed by atoms with van der Waals surface area (Å²) in [5, 5.41) is 21.5. The third-order valence-electron chi connectivity index (χ3n) is 4.38. The molecule has 2 N–H and O–H groups in total. The molecule has 0 spiro atoms. The monoisotopic (exact) mass is 556 g/mol. The van der Waals surface area contributed by atoms with E-state index >= 15 is 0 Å². The van der Waals surface area contributed by atoms with Crippen molar-refractivity contribution in [1.29, 1.82) is 5.26 Å². The molecule has 1 amide bonds. The fourth-order valence-corrected chi connectivity index (χ4v) is 3.42. The van der Waals surface area contributed by atoms with Gasteiger partial charge in [0.25, 0.3) is 5.91 Å². The number of benzene rings is 3. The Hall–Kier alpha value is -3.28. The number of carbonyl (C=O) groups is 1. The number of phenolic OH excluding ortho intramolecular Hbond substituents is 1. The second kappa shape index (κ2) is 10.8. The van der Waals surface area contributed by atoms with Crippen LogP contribution in [0.5, 0.6) is 17.2 Å². The molecule has 0 fully saturated rings. The van der Waals surface area contributed by atoms with Gasteiger partial charge in [-0.25, -0.2) is 0 Å². The molecule has 3 aromatic rings. The molecule has 0 aromatic heterocycles. The van der Waals surface area contributed by atoms with Crippen LogP contribution in [0.25, 0.3) is 6.08 Å². The van der Waals surface area contributed by atoms with Gasteiger partial charge in [0.2, 0.25) is 0 Å². The molecule has 8 heteroatoms. The van der Waals surface area contributed by atoms with E-state index in [0.717, 1.165) is 10.0 Å². The van der Waals surface area contributed by atoms with Crippen LogP contribution in [0.4, 0.5) is 5.69 Å². The number of aromatic hydroxyl groups is 1. The molecule has 32 heavy (non-hydrogen) atoms. The van der Waals surface area contributed by atoms with Crippen molar-refractivity contribution in [3.63, 3.8) is 0 Å². The predicted octanol–water partition coefficient (Wildman–Crippen LogP) is 6.05. The molecule has 0 saturated carbocycles. The Labute approximate surface area is 202 Å². The summed E-state index contributed by atoms with van der Waals surface area (Å²) in [7, 11) is 1.52. The second-order valence-corrected chi connectivity index (χ2v) is 8.38. The number of ether oxygens (including phenoxy) is 2. The van der Waals surface area contributed by atoms with E-state index in [2.05, 4.69) is 37.2 Å². The highest BCUT2D eigenvalue weighted by atomic mass is 79.9. The third kappa shape index (κ3) is 6.13. The normalized spacial score (nSPS) is 10.9. The number of hydrogen-bond acceptors (Lipinski definition) is 5. The van der Waals surface area contributed by atoms with Crippen molar-refractivity contribution in [2.45, 2.75) is 6.61 Å². The first kappa shape index (κ1) is 23.4. The highest BCUT2D eigenvalue weighted by Crippen LogP contribution is 2.35. The Morgan fingerprint density at radius 2 is 1.78 bits per heavy atom. The molecule has 0 bridgehead atoms. The highest BCUT2D eigenvalue weighted by molar-refractivity contribution is 9.10. The molecule has 162 valence electrons. The first-order valence-electron chi connectivity index (χ1n) is 9.36. The summed E-state index contributed by atoms with van der Waals surface area (Å²) in [6, 6.07) is 19.1. The van der Waals surface area contributed by atoms with Crippen LogP contribution < -0.4 is 14.8 Å². The maximum absolute atomic E-state index is 12.5. The number of carbonyl (C=O) groups excluding carboxylic acids is 1. The van der Waals surface area contributed by atoms with Crippen molar-refractivity contribution in [3.8, 4) is 23.3 Å². The molecule has 6 nitrogen and oxygen atoms in total. The Balaban J connectivity index is 1.80. The number of nitrogens with zero attached hydrogens (tertiary/aromatic N) is 1. The second-order valence-electron chi connectivity index (χ2n) is 6.61. The van der Waals surface area contributed by atoms with Gasteiger partial charge < -0.3 is 19.9 Å². The van der Waals surface area contributed by atoms with Gasteiger partial charge in [0.15, 0.2) is 11.5 Å². The van der Waals surface area contributed by atoms with Gasteiger partial charge in [0.05, 0.1) is 7.11 Å². The number of rotatable bonds is 7. The van der Waals surface area contributed by atoms with Crippen LogP contribution in [0.3, 0.4) is 0 Å². The van der Waals surface area contributed by atoms with Crippen LogP contribution in [0.2, 0.25) is 0 Å². The minimum atomic E-state index is -0.570. The lowest BCUT2D eigenvalue weighted by Crippen LogP contribution is -2.13. The molecule has 0 heterocycles. The standard InChI is InChI=1S/C24H18Br2N2O4/c1-31-22-11-16(10-17(13-27)24(30)28-19-6-8-20(29)9-7-19)21(26)12-23(22)32-14-15-2-4-18(25)5-3-15/h2-12,29H,14H2,1H3,(H,28,30)/b17-10+. The lowest BCUT2D eigenvalue weighted by molar-refractivity contribution is -0.112. The van der Waals surface area contributed by atoms with Gasteiger partial charge in [0, 0.05) is 14.6 Å². The molecule has 0 atom stereocenters. The third-order valence-corrected chi connectivity index (χ3v) is 5.60. The number of nitrogens with one attached hydrogen (secondary N) is 1. The number of halogens is 2. The van der Waals surface area contributed by atoms with Crippen LogP contribution in [-0.4, -0.2) is 18.1 Å². The predicted molar refractivity (Wildman–Crippen MR) is 129 cm³/mol. The average molecular weight is 558 g/mol. The van der Waals surface area contributed by atoms with E-state index in [1.54, 1.807) is 24.3 Å². The first-order valence-corrected chi connectivity index (χ1v) is 10.9. The molecule has 0 aliphatic carbocycles. The van der Waals surface area contributed by atoms with Crippen molar-refractivity contribution in [3.05, 3.63) is 86.3 Å². The van der Waals surface area contributed by atoms with Crippen LogP contribution in [0.1, 0.15) is 11.1 Å². The molecule has 0 saturated heterocycles. The Bertz CT molecular complexity index is 1180. The molecule has 0 aliphatic heterocycles. The summed E-state index contributed by atoms with van der Waals surface area (Å²) in [5.74, 6) is 0.497. The molecule has 3 rings (SSSR count). The van der Waals surface area contributed by atoms with E-state index in [1.165, 1.54) is 25.3 Å². The Morgan fingerprint density at radius 3 is 2.41 bits per heavy atom. The van der Waals surface area contributed by atoms with Crippen LogP contribution in [0.15, 0.2) is 75.2 Å².